The van der Waals surface area contributed by atoms with Crippen molar-refractivity contribution in [2.45, 2.75) is 0 Å². The van der Waals surface area contributed by atoms with Gasteiger partial charge < -0.3 is 5.73 Å². The van der Waals surface area contributed by atoms with Crippen molar-refractivity contribution in [2.24, 2.45) is 0 Å². The van der Waals surface area contributed by atoms with Crippen LogP contribution in [0.4, 0.5) is 5.69 Å². The zero-order chi connectivity index (χ0) is 13.3. The maximum absolute atomic E-state index is 12.3. The second-order valence-corrected chi connectivity index (χ2v) is 5.49. The van der Waals surface area contributed by atoms with Crippen LogP contribution in [0.2, 0.25) is 10.0 Å². The second-order valence-electron chi connectivity index (χ2n) is 3.73. The average Bonchev–Trinajstić information content (AvgIpc) is 2.30. The number of carbonyl (C=O) groups is 1. The Balaban J connectivity index is 2.51. The first kappa shape index (κ1) is 13.4. The predicted octanol–water partition coefficient (Wildman–Crippen LogP) is 4.57. The Hall–Kier alpha value is -1.03. The Bertz CT molecular complexity index is 608. The van der Waals surface area contributed by atoms with E-state index in [0.717, 1.165) is 4.47 Å². The van der Waals surface area contributed by atoms with Crippen LogP contribution >= 0.6 is 39.1 Å². The zero-order valence-corrected chi connectivity index (χ0v) is 12.2. The molecule has 0 radical (unpaired) electrons. The van der Waals surface area contributed by atoms with Gasteiger partial charge in [-0.05, 0) is 36.4 Å². The van der Waals surface area contributed by atoms with Gasteiger partial charge in [-0.15, -0.1) is 0 Å². The van der Waals surface area contributed by atoms with Crippen molar-refractivity contribution in [1.29, 1.82) is 0 Å². The lowest BCUT2D eigenvalue weighted by molar-refractivity contribution is 0.103. The van der Waals surface area contributed by atoms with Crippen LogP contribution in [0.25, 0.3) is 0 Å². The van der Waals surface area contributed by atoms with Gasteiger partial charge in [0.2, 0.25) is 0 Å². The summed E-state index contributed by atoms with van der Waals surface area (Å²) in [6.45, 7) is 0. The Morgan fingerprint density at radius 3 is 2.50 bits per heavy atom. The van der Waals surface area contributed by atoms with E-state index in [-0.39, 0.29) is 5.78 Å². The van der Waals surface area contributed by atoms with E-state index < -0.39 is 0 Å². The van der Waals surface area contributed by atoms with E-state index in [1.165, 1.54) is 0 Å². The lowest BCUT2D eigenvalue weighted by Crippen LogP contribution is -2.03. The molecule has 2 aromatic rings. The number of ketones is 1. The van der Waals surface area contributed by atoms with Crippen molar-refractivity contribution in [2.75, 3.05) is 5.73 Å². The molecule has 0 unspecified atom stereocenters. The second kappa shape index (κ2) is 5.31. The molecule has 0 spiro atoms. The molecule has 0 saturated heterocycles. The Morgan fingerprint density at radius 1 is 1.11 bits per heavy atom. The van der Waals surface area contributed by atoms with Crippen molar-refractivity contribution in [3.63, 3.8) is 0 Å². The summed E-state index contributed by atoms with van der Waals surface area (Å²) >= 11 is 15.2. The molecule has 5 heteroatoms. The first-order valence-corrected chi connectivity index (χ1v) is 6.58. The summed E-state index contributed by atoms with van der Waals surface area (Å²) in [7, 11) is 0. The number of carbonyl (C=O) groups excluding carboxylic acids is 1. The lowest BCUT2D eigenvalue weighted by atomic mass is 10.0. The van der Waals surface area contributed by atoms with Crippen LogP contribution in [0.5, 0.6) is 0 Å². The number of hydrogen-bond acceptors (Lipinski definition) is 2. The van der Waals surface area contributed by atoms with Gasteiger partial charge in [0, 0.05) is 26.3 Å². The standard InChI is InChI=1S/C13H8BrCl2NO/c14-8-3-7(4-10(17)5-8)13(18)11-6-9(15)1-2-12(11)16/h1-6H,17H2. The number of hydrogen-bond donors (Lipinski definition) is 1. The fourth-order valence-electron chi connectivity index (χ4n) is 1.57. The molecule has 2 rings (SSSR count). The SMILES string of the molecule is Nc1cc(Br)cc(C(=O)c2cc(Cl)ccc2Cl)c1. The van der Waals surface area contributed by atoms with Gasteiger partial charge in [-0.3, -0.25) is 4.79 Å². The highest BCUT2D eigenvalue weighted by Crippen LogP contribution is 2.25. The summed E-state index contributed by atoms with van der Waals surface area (Å²) < 4.78 is 0.740. The van der Waals surface area contributed by atoms with Gasteiger partial charge in [0.05, 0.1) is 5.02 Å². The number of halogens is 3. The molecule has 0 bridgehead atoms. The third kappa shape index (κ3) is 2.86. The smallest absolute Gasteiger partial charge is 0.194 e. The van der Waals surface area contributed by atoms with Crippen LogP contribution in [0.15, 0.2) is 40.9 Å². The van der Waals surface area contributed by atoms with Crippen molar-refractivity contribution in [1.82, 2.24) is 0 Å². The van der Waals surface area contributed by atoms with Crippen LogP contribution in [0, 0.1) is 0 Å². The maximum atomic E-state index is 12.3. The van der Waals surface area contributed by atoms with Gasteiger partial charge in [-0.1, -0.05) is 39.1 Å². The Kier molecular flexibility index (Phi) is 3.95. The fraction of sp³-hybridized carbons (Fsp3) is 0. The molecule has 2 aromatic carbocycles. The average molecular weight is 345 g/mol. The van der Waals surface area contributed by atoms with Crippen molar-refractivity contribution < 1.29 is 4.79 Å². The van der Waals surface area contributed by atoms with Gasteiger partial charge in [-0.2, -0.15) is 0 Å². The van der Waals surface area contributed by atoms with Gasteiger partial charge >= 0.3 is 0 Å². The quantitative estimate of drug-likeness (QED) is 0.640. The van der Waals surface area contributed by atoms with Gasteiger partial charge in [0.1, 0.15) is 0 Å². The molecular weight excluding hydrogens is 337 g/mol. The van der Waals surface area contributed by atoms with Gasteiger partial charge in [0.25, 0.3) is 0 Å². The minimum absolute atomic E-state index is 0.212. The number of rotatable bonds is 2. The van der Waals surface area contributed by atoms with Crippen LogP contribution < -0.4 is 5.73 Å². The molecule has 0 saturated carbocycles. The summed E-state index contributed by atoms with van der Waals surface area (Å²) in [6, 6.07) is 9.79. The Morgan fingerprint density at radius 2 is 1.83 bits per heavy atom. The molecule has 0 aliphatic carbocycles. The summed E-state index contributed by atoms with van der Waals surface area (Å²) in [6.07, 6.45) is 0. The zero-order valence-electron chi connectivity index (χ0n) is 9.08. The Labute approximate surface area is 123 Å². The topological polar surface area (TPSA) is 43.1 Å². The normalized spacial score (nSPS) is 10.4. The highest BCUT2D eigenvalue weighted by atomic mass is 79.9. The minimum atomic E-state index is -0.212. The molecule has 0 atom stereocenters. The first-order valence-electron chi connectivity index (χ1n) is 5.03. The van der Waals surface area contributed by atoms with E-state index in [1.54, 1.807) is 36.4 Å². The van der Waals surface area contributed by atoms with E-state index in [2.05, 4.69) is 15.9 Å². The van der Waals surface area contributed by atoms with Crippen LogP contribution in [0.3, 0.4) is 0 Å². The highest BCUT2D eigenvalue weighted by Gasteiger charge is 2.14. The summed E-state index contributed by atoms with van der Waals surface area (Å²) in [5, 5.41) is 0.827. The fourth-order valence-corrected chi connectivity index (χ4v) is 2.46. The molecule has 92 valence electrons. The highest BCUT2D eigenvalue weighted by molar-refractivity contribution is 9.10. The van der Waals surface area contributed by atoms with Crippen LogP contribution in [0.1, 0.15) is 15.9 Å². The monoisotopic (exact) mass is 343 g/mol. The minimum Gasteiger partial charge on any atom is -0.399 e. The van der Waals surface area contributed by atoms with Crippen LogP contribution in [-0.2, 0) is 0 Å². The molecule has 0 amide bonds. The van der Waals surface area contributed by atoms with Crippen LogP contribution in [-0.4, -0.2) is 5.78 Å². The number of nitrogens with two attached hydrogens (primary N) is 1. The van der Waals surface area contributed by atoms with Gasteiger partial charge in [0.15, 0.2) is 5.78 Å². The molecule has 0 aliphatic rings. The van der Waals surface area contributed by atoms with Crippen molar-refractivity contribution >= 4 is 50.6 Å². The molecule has 0 aromatic heterocycles. The third-order valence-corrected chi connectivity index (χ3v) is 3.38. The summed E-state index contributed by atoms with van der Waals surface area (Å²) in [5.74, 6) is -0.212. The van der Waals surface area contributed by atoms with E-state index in [9.17, 15) is 4.79 Å². The first-order chi connectivity index (χ1) is 8.47. The lowest BCUT2D eigenvalue weighted by Gasteiger charge is -2.06. The predicted molar refractivity (Wildman–Crippen MR) is 78.4 cm³/mol. The van der Waals surface area contributed by atoms with Gasteiger partial charge in [-0.25, -0.2) is 0 Å². The molecular formula is C13H8BrCl2NO. The van der Waals surface area contributed by atoms with E-state index >= 15 is 0 Å². The number of anilines is 1. The molecule has 2 N–H and O–H groups in total. The molecule has 0 aliphatic heterocycles. The number of nitrogen functional groups attached to an aromatic ring is 1. The van der Waals surface area contributed by atoms with E-state index in [1.807, 2.05) is 0 Å². The van der Waals surface area contributed by atoms with Crippen molar-refractivity contribution in [3.8, 4) is 0 Å². The summed E-state index contributed by atoms with van der Waals surface area (Å²) in [5.41, 5.74) is 7.03. The largest absolute Gasteiger partial charge is 0.399 e. The molecule has 0 heterocycles. The van der Waals surface area contributed by atoms with E-state index in [0.29, 0.717) is 26.9 Å². The molecule has 18 heavy (non-hydrogen) atoms. The van der Waals surface area contributed by atoms with Crippen molar-refractivity contribution in [3.05, 3.63) is 62.0 Å². The number of benzene rings is 2. The molecule has 2 nitrogen and oxygen atoms in total. The maximum Gasteiger partial charge on any atom is 0.194 e. The summed E-state index contributed by atoms with van der Waals surface area (Å²) in [4.78, 5) is 12.3. The third-order valence-electron chi connectivity index (χ3n) is 2.36. The molecule has 0 fully saturated rings. The van der Waals surface area contributed by atoms with E-state index in [4.69, 9.17) is 28.9 Å².